The van der Waals surface area contributed by atoms with Gasteiger partial charge in [-0.25, -0.2) is 4.98 Å². The zero-order valence-electron chi connectivity index (χ0n) is 9.38. The zero-order valence-corrected chi connectivity index (χ0v) is 9.38. The third-order valence-electron chi connectivity index (χ3n) is 2.84. The molecular formula is C11H18N4. The van der Waals surface area contributed by atoms with Crippen molar-refractivity contribution in [3.63, 3.8) is 0 Å². The van der Waals surface area contributed by atoms with E-state index in [0.29, 0.717) is 6.04 Å². The lowest BCUT2D eigenvalue weighted by Crippen LogP contribution is -2.38. The minimum atomic E-state index is 0.496. The molecule has 0 aromatic carbocycles. The first-order chi connectivity index (χ1) is 7.25. The third-order valence-corrected chi connectivity index (χ3v) is 2.84. The van der Waals surface area contributed by atoms with Crippen molar-refractivity contribution in [2.24, 2.45) is 0 Å². The van der Waals surface area contributed by atoms with E-state index in [4.69, 9.17) is 0 Å². The third kappa shape index (κ3) is 2.65. The van der Waals surface area contributed by atoms with Crippen molar-refractivity contribution in [3.05, 3.63) is 17.6 Å². The van der Waals surface area contributed by atoms with Gasteiger partial charge in [0.2, 0.25) is 0 Å². The van der Waals surface area contributed by atoms with Crippen LogP contribution in [-0.4, -0.2) is 29.1 Å². The van der Waals surface area contributed by atoms with Gasteiger partial charge in [-0.1, -0.05) is 0 Å². The fraction of sp³-hybridized carbons (Fsp3) is 0.636. The molecule has 0 amide bonds. The van der Waals surface area contributed by atoms with Crippen LogP contribution < -0.4 is 10.6 Å². The minimum Gasteiger partial charge on any atom is -0.365 e. The number of hydrogen-bond acceptors (Lipinski definition) is 4. The Kier molecular flexibility index (Phi) is 3.16. The predicted molar refractivity (Wildman–Crippen MR) is 61.0 cm³/mol. The van der Waals surface area contributed by atoms with Gasteiger partial charge in [-0.3, -0.25) is 4.98 Å². The molecule has 2 heterocycles. The lowest BCUT2D eigenvalue weighted by Gasteiger charge is -2.24. The van der Waals surface area contributed by atoms with Crippen LogP contribution in [0, 0.1) is 13.8 Å². The average Bonchev–Trinajstić information content (AvgIpc) is 2.25. The van der Waals surface area contributed by atoms with E-state index in [-0.39, 0.29) is 0 Å². The molecule has 1 unspecified atom stereocenters. The minimum absolute atomic E-state index is 0.496. The first-order valence-corrected chi connectivity index (χ1v) is 5.53. The summed E-state index contributed by atoms with van der Waals surface area (Å²) in [6, 6.07) is 0.496. The van der Waals surface area contributed by atoms with Crippen LogP contribution in [0.4, 0.5) is 5.82 Å². The lowest BCUT2D eigenvalue weighted by molar-refractivity contribution is 0.479. The number of nitrogens with one attached hydrogen (secondary N) is 2. The molecule has 0 aliphatic carbocycles. The summed E-state index contributed by atoms with van der Waals surface area (Å²) in [5, 5.41) is 6.78. The number of nitrogens with zero attached hydrogens (tertiary/aromatic N) is 2. The molecule has 1 fully saturated rings. The molecule has 0 spiro atoms. The number of hydrogen-bond donors (Lipinski definition) is 2. The van der Waals surface area contributed by atoms with Crippen LogP contribution >= 0.6 is 0 Å². The van der Waals surface area contributed by atoms with E-state index in [9.17, 15) is 0 Å². The number of anilines is 1. The summed E-state index contributed by atoms with van der Waals surface area (Å²) in [5.74, 6) is 0.895. The van der Waals surface area contributed by atoms with Crippen molar-refractivity contribution in [2.45, 2.75) is 32.7 Å². The van der Waals surface area contributed by atoms with Gasteiger partial charge in [0.1, 0.15) is 5.82 Å². The number of aromatic nitrogens is 2. The topological polar surface area (TPSA) is 49.8 Å². The van der Waals surface area contributed by atoms with Crippen LogP contribution in [0.25, 0.3) is 0 Å². The molecule has 0 bridgehead atoms. The lowest BCUT2D eigenvalue weighted by atomic mass is 10.1. The molecule has 2 rings (SSSR count). The number of aryl methyl sites for hydroxylation is 2. The summed E-state index contributed by atoms with van der Waals surface area (Å²) < 4.78 is 0. The Bertz CT molecular complexity index is 331. The fourth-order valence-electron chi connectivity index (χ4n) is 1.80. The van der Waals surface area contributed by atoms with E-state index in [1.54, 1.807) is 0 Å². The molecule has 82 valence electrons. The Hall–Kier alpha value is -1.16. The van der Waals surface area contributed by atoms with E-state index < -0.39 is 0 Å². The van der Waals surface area contributed by atoms with Crippen LogP contribution in [0.2, 0.25) is 0 Å². The standard InChI is InChI=1S/C11H18N4/c1-8-9(2)14-11(7-13-8)15-10-4-3-5-12-6-10/h7,10,12H,3-6H2,1-2H3,(H,14,15). The molecule has 1 aromatic heterocycles. The summed E-state index contributed by atoms with van der Waals surface area (Å²) >= 11 is 0. The molecular weight excluding hydrogens is 188 g/mol. The zero-order chi connectivity index (χ0) is 10.7. The normalized spacial score (nSPS) is 21.3. The second-order valence-electron chi connectivity index (χ2n) is 4.11. The van der Waals surface area contributed by atoms with Crippen molar-refractivity contribution < 1.29 is 0 Å². The SMILES string of the molecule is Cc1ncc(NC2CCCNC2)nc1C. The van der Waals surface area contributed by atoms with Crippen molar-refractivity contribution in [1.82, 2.24) is 15.3 Å². The van der Waals surface area contributed by atoms with Gasteiger partial charge in [0.25, 0.3) is 0 Å². The number of rotatable bonds is 2. The van der Waals surface area contributed by atoms with Crippen LogP contribution in [0.5, 0.6) is 0 Å². The molecule has 0 saturated carbocycles. The van der Waals surface area contributed by atoms with Gasteiger partial charge >= 0.3 is 0 Å². The first kappa shape index (κ1) is 10.4. The van der Waals surface area contributed by atoms with Crippen molar-refractivity contribution in [2.75, 3.05) is 18.4 Å². The molecule has 1 aromatic rings. The van der Waals surface area contributed by atoms with Crippen molar-refractivity contribution in [3.8, 4) is 0 Å². The van der Waals surface area contributed by atoms with E-state index in [1.807, 2.05) is 20.0 Å². The summed E-state index contributed by atoms with van der Waals surface area (Å²) in [7, 11) is 0. The van der Waals surface area contributed by atoms with Crippen LogP contribution in [0.3, 0.4) is 0 Å². The average molecular weight is 206 g/mol. The van der Waals surface area contributed by atoms with Gasteiger partial charge in [-0.05, 0) is 33.2 Å². The summed E-state index contributed by atoms with van der Waals surface area (Å²) in [5.41, 5.74) is 2.01. The van der Waals surface area contributed by atoms with Gasteiger partial charge < -0.3 is 10.6 Å². The van der Waals surface area contributed by atoms with Crippen LogP contribution in [-0.2, 0) is 0 Å². The van der Waals surface area contributed by atoms with E-state index in [2.05, 4.69) is 20.6 Å². The molecule has 4 nitrogen and oxygen atoms in total. The molecule has 4 heteroatoms. The van der Waals surface area contributed by atoms with Gasteiger partial charge in [-0.15, -0.1) is 0 Å². The Morgan fingerprint density at radius 3 is 2.93 bits per heavy atom. The summed E-state index contributed by atoms with van der Waals surface area (Å²) in [4.78, 5) is 8.76. The molecule has 1 aliphatic rings. The Morgan fingerprint density at radius 2 is 2.27 bits per heavy atom. The van der Waals surface area contributed by atoms with E-state index >= 15 is 0 Å². The second-order valence-corrected chi connectivity index (χ2v) is 4.11. The highest BCUT2D eigenvalue weighted by Crippen LogP contribution is 2.10. The first-order valence-electron chi connectivity index (χ1n) is 5.53. The van der Waals surface area contributed by atoms with Crippen molar-refractivity contribution in [1.29, 1.82) is 0 Å². The summed E-state index contributed by atoms with van der Waals surface area (Å²) in [6.07, 6.45) is 4.26. The summed E-state index contributed by atoms with van der Waals surface area (Å²) in [6.45, 7) is 6.13. The predicted octanol–water partition coefficient (Wildman–Crippen LogP) is 1.26. The van der Waals surface area contributed by atoms with E-state index in [1.165, 1.54) is 12.8 Å². The molecule has 15 heavy (non-hydrogen) atoms. The van der Waals surface area contributed by atoms with Gasteiger partial charge in [-0.2, -0.15) is 0 Å². The smallest absolute Gasteiger partial charge is 0.145 e. The van der Waals surface area contributed by atoms with Crippen LogP contribution in [0.15, 0.2) is 6.20 Å². The van der Waals surface area contributed by atoms with Crippen molar-refractivity contribution >= 4 is 5.82 Å². The van der Waals surface area contributed by atoms with Crippen LogP contribution in [0.1, 0.15) is 24.2 Å². The molecule has 1 saturated heterocycles. The van der Waals surface area contributed by atoms with Gasteiger partial charge in [0.05, 0.1) is 17.6 Å². The highest BCUT2D eigenvalue weighted by Gasteiger charge is 2.13. The molecule has 2 N–H and O–H groups in total. The van der Waals surface area contributed by atoms with E-state index in [0.717, 1.165) is 30.3 Å². The Balaban J connectivity index is 2.00. The maximum atomic E-state index is 4.47. The molecule has 1 aliphatic heterocycles. The fourth-order valence-corrected chi connectivity index (χ4v) is 1.80. The molecule has 1 atom stereocenters. The second kappa shape index (κ2) is 4.57. The van der Waals surface area contributed by atoms with Gasteiger partial charge in [0, 0.05) is 12.6 Å². The largest absolute Gasteiger partial charge is 0.365 e. The Labute approximate surface area is 90.5 Å². The highest BCUT2D eigenvalue weighted by molar-refractivity contribution is 5.34. The van der Waals surface area contributed by atoms with Gasteiger partial charge in [0.15, 0.2) is 0 Å². The maximum absolute atomic E-state index is 4.47. The maximum Gasteiger partial charge on any atom is 0.145 e. The number of piperidine rings is 1. The quantitative estimate of drug-likeness (QED) is 0.765. The molecule has 0 radical (unpaired) electrons. The Morgan fingerprint density at radius 1 is 1.40 bits per heavy atom. The highest BCUT2D eigenvalue weighted by atomic mass is 15.1. The monoisotopic (exact) mass is 206 g/mol.